The Morgan fingerprint density at radius 3 is 2.89 bits per heavy atom. The van der Waals surface area contributed by atoms with Crippen LogP contribution < -0.4 is 5.32 Å². The number of carbonyl (C=O) groups excluding carboxylic acids is 1. The predicted molar refractivity (Wildman–Crippen MR) is 79.8 cm³/mol. The lowest BCUT2D eigenvalue weighted by molar-refractivity contribution is 0.0709. The second-order valence-electron chi connectivity index (χ2n) is 4.24. The summed E-state index contributed by atoms with van der Waals surface area (Å²) in [6.45, 7) is 4.43. The number of hydrogen-bond acceptors (Lipinski definition) is 2. The summed E-state index contributed by atoms with van der Waals surface area (Å²) < 4.78 is 0.758. The maximum absolute atomic E-state index is 12.2. The van der Waals surface area contributed by atoms with Gasteiger partial charge in [-0.05, 0) is 41.1 Å². The molecule has 0 spiro atoms. The molecule has 3 nitrogen and oxygen atoms in total. The zero-order valence-electron chi connectivity index (χ0n) is 9.95. The third-order valence-electron chi connectivity index (χ3n) is 2.82. The Labute approximate surface area is 126 Å². The zero-order valence-corrected chi connectivity index (χ0v) is 13.1. The molecule has 1 amide bonds. The minimum atomic E-state index is 0. The molecule has 100 valence electrons. The molecule has 1 heterocycles. The van der Waals surface area contributed by atoms with Crippen LogP contribution in [0.25, 0.3) is 0 Å². The predicted octanol–water partition coefficient (Wildman–Crippen LogP) is 2.96. The van der Waals surface area contributed by atoms with Gasteiger partial charge < -0.3 is 10.2 Å². The molecule has 0 bridgehead atoms. The van der Waals surface area contributed by atoms with Gasteiger partial charge in [0.25, 0.3) is 5.91 Å². The Bertz CT molecular complexity index is 442. The first-order valence-corrected chi connectivity index (χ1v) is 6.72. The minimum absolute atomic E-state index is 0. The van der Waals surface area contributed by atoms with Gasteiger partial charge in [0.2, 0.25) is 0 Å². The molecule has 0 aliphatic carbocycles. The first-order valence-electron chi connectivity index (χ1n) is 5.55. The van der Waals surface area contributed by atoms with Gasteiger partial charge in [-0.2, -0.15) is 0 Å². The van der Waals surface area contributed by atoms with E-state index in [1.807, 2.05) is 4.90 Å². The summed E-state index contributed by atoms with van der Waals surface area (Å²) in [5, 5.41) is 3.94. The fourth-order valence-electron chi connectivity index (χ4n) is 1.93. The lowest BCUT2D eigenvalue weighted by Crippen LogP contribution is -2.51. The maximum Gasteiger partial charge on any atom is 0.253 e. The molecule has 1 aromatic rings. The Balaban J connectivity index is 0.00000162. The van der Waals surface area contributed by atoms with E-state index in [9.17, 15) is 4.79 Å². The van der Waals surface area contributed by atoms with E-state index >= 15 is 0 Å². The van der Waals surface area contributed by atoms with Crippen molar-refractivity contribution in [3.8, 4) is 0 Å². The first kappa shape index (κ1) is 15.8. The van der Waals surface area contributed by atoms with Crippen LogP contribution in [0.2, 0.25) is 5.02 Å². The van der Waals surface area contributed by atoms with Crippen molar-refractivity contribution in [1.82, 2.24) is 10.2 Å². The molecule has 0 aromatic heterocycles. The van der Waals surface area contributed by atoms with Crippen molar-refractivity contribution in [2.45, 2.75) is 13.0 Å². The van der Waals surface area contributed by atoms with Crippen LogP contribution in [-0.4, -0.2) is 36.5 Å². The molecule has 0 saturated carbocycles. The van der Waals surface area contributed by atoms with Gasteiger partial charge in [0.05, 0.1) is 5.02 Å². The summed E-state index contributed by atoms with van der Waals surface area (Å²) >= 11 is 9.25. The standard InChI is InChI=1S/C12H14BrClN2O.ClH/c1-8-7-16(5-4-15-8)12(17)9-2-3-11(14)10(13)6-9;/h2-3,6,8,15H,4-5,7H2,1H3;1H/t8-;/m1./s1. The van der Waals surface area contributed by atoms with E-state index < -0.39 is 0 Å². The molecule has 2 rings (SSSR count). The molecule has 1 aromatic carbocycles. The molecule has 0 radical (unpaired) electrons. The third kappa shape index (κ3) is 3.60. The molecule has 1 N–H and O–H groups in total. The number of nitrogens with one attached hydrogen (secondary N) is 1. The molecule has 6 heteroatoms. The molecule has 1 aliphatic heterocycles. The van der Waals surface area contributed by atoms with Crippen molar-refractivity contribution in [1.29, 1.82) is 0 Å². The van der Waals surface area contributed by atoms with Gasteiger partial charge in [0.1, 0.15) is 0 Å². The Morgan fingerprint density at radius 2 is 2.28 bits per heavy atom. The summed E-state index contributed by atoms with van der Waals surface area (Å²) in [7, 11) is 0. The molecule has 1 aliphatic rings. The highest BCUT2D eigenvalue weighted by atomic mass is 79.9. The van der Waals surface area contributed by atoms with Gasteiger partial charge in [-0.1, -0.05) is 11.6 Å². The Morgan fingerprint density at radius 1 is 1.56 bits per heavy atom. The summed E-state index contributed by atoms with van der Waals surface area (Å²) in [6, 6.07) is 5.63. The molecule has 1 atom stereocenters. The Kier molecular flexibility index (Phi) is 5.92. The number of hydrogen-bond donors (Lipinski definition) is 1. The van der Waals surface area contributed by atoms with E-state index in [-0.39, 0.29) is 18.3 Å². The van der Waals surface area contributed by atoms with Crippen molar-refractivity contribution >= 4 is 45.8 Å². The highest BCUT2D eigenvalue weighted by Crippen LogP contribution is 2.24. The monoisotopic (exact) mass is 352 g/mol. The van der Waals surface area contributed by atoms with Crippen LogP contribution in [0.5, 0.6) is 0 Å². The zero-order chi connectivity index (χ0) is 12.4. The van der Waals surface area contributed by atoms with Gasteiger partial charge in [0, 0.05) is 35.7 Å². The van der Waals surface area contributed by atoms with Crippen molar-refractivity contribution in [2.24, 2.45) is 0 Å². The SMILES string of the molecule is C[C@@H]1CN(C(=O)c2ccc(Cl)c(Br)c2)CCN1.Cl. The normalized spacial score (nSPS) is 19.3. The number of benzene rings is 1. The lowest BCUT2D eigenvalue weighted by atomic mass is 10.1. The van der Waals surface area contributed by atoms with Gasteiger partial charge >= 0.3 is 0 Å². The largest absolute Gasteiger partial charge is 0.336 e. The molecule has 0 unspecified atom stereocenters. The molecule has 1 saturated heterocycles. The summed E-state index contributed by atoms with van der Waals surface area (Å²) in [5.41, 5.74) is 0.676. The van der Waals surface area contributed by atoms with Crippen molar-refractivity contribution in [2.75, 3.05) is 19.6 Å². The van der Waals surface area contributed by atoms with E-state index in [4.69, 9.17) is 11.6 Å². The molecule has 18 heavy (non-hydrogen) atoms. The fraction of sp³-hybridized carbons (Fsp3) is 0.417. The van der Waals surface area contributed by atoms with Gasteiger partial charge in [0.15, 0.2) is 0 Å². The summed E-state index contributed by atoms with van der Waals surface area (Å²) in [4.78, 5) is 14.1. The molecule has 1 fully saturated rings. The van der Waals surface area contributed by atoms with Gasteiger partial charge in [-0.3, -0.25) is 4.79 Å². The minimum Gasteiger partial charge on any atom is -0.336 e. The van der Waals surface area contributed by atoms with Crippen molar-refractivity contribution in [3.63, 3.8) is 0 Å². The van der Waals surface area contributed by atoms with Crippen molar-refractivity contribution in [3.05, 3.63) is 33.3 Å². The average Bonchev–Trinajstić information content (AvgIpc) is 2.32. The number of amides is 1. The van der Waals surface area contributed by atoms with E-state index in [0.29, 0.717) is 16.6 Å². The first-order chi connectivity index (χ1) is 8.08. The number of piperazine rings is 1. The van der Waals surface area contributed by atoms with Crippen LogP contribution >= 0.6 is 39.9 Å². The quantitative estimate of drug-likeness (QED) is 0.841. The average molecular weight is 354 g/mol. The second-order valence-corrected chi connectivity index (χ2v) is 5.50. The van der Waals surface area contributed by atoms with Gasteiger partial charge in [-0.15, -0.1) is 12.4 Å². The third-order valence-corrected chi connectivity index (χ3v) is 4.04. The maximum atomic E-state index is 12.2. The van der Waals surface area contributed by atoms with Crippen LogP contribution in [0.4, 0.5) is 0 Å². The van der Waals surface area contributed by atoms with Crippen LogP contribution in [0.3, 0.4) is 0 Å². The summed E-state index contributed by atoms with van der Waals surface area (Å²) in [5.74, 6) is 0.0655. The van der Waals surface area contributed by atoms with Crippen molar-refractivity contribution < 1.29 is 4.79 Å². The highest BCUT2D eigenvalue weighted by Gasteiger charge is 2.21. The van der Waals surface area contributed by atoms with E-state index in [2.05, 4.69) is 28.2 Å². The van der Waals surface area contributed by atoms with E-state index in [0.717, 1.165) is 24.1 Å². The van der Waals surface area contributed by atoms with Crippen LogP contribution in [-0.2, 0) is 0 Å². The van der Waals surface area contributed by atoms with Crippen LogP contribution in [0.1, 0.15) is 17.3 Å². The van der Waals surface area contributed by atoms with Gasteiger partial charge in [-0.25, -0.2) is 0 Å². The molecular weight excluding hydrogens is 339 g/mol. The Hall–Kier alpha value is -0.290. The second kappa shape index (κ2) is 6.75. The van der Waals surface area contributed by atoms with Crippen LogP contribution in [0, 0.1) is 0 Å². The lowest BCUT2D eigenvalue weighted by Gasteiger charge is -2.32. The number of nitrogens with zero attached hydrogens (tertiary/aromatic N) is 1. The fourth-order valence-corrected chi connectivity index (χ4v) is 2.42. The highest BCUT2D eigenvalue weighted by molar-refractivity contribution is 9.10. The van der Waals surface area contributed by atoms with Crippen LogP contribution in [0.15, 0.2) is 22.7 Å². The number of rotatable bonds is 1. The molecular formula is C12H15BrCl2N2O. The van der Waals surface area contributed by atoms with E-state index in [1.165, 1.54) is 0 Å². The number of carbonyl (C=O) groups is 1. The smallest absolute Gasteiger partial charge is 0.253 e. The summed E-state index contributed by atoms with van der Waals surface area (Å²) in [6.07, 6.45) is 0. The number of halogens is 3. The topological polar surface area (TPSA) is 32.3 Å². The van der Waals surface area contributed by atoms with E-state index in [1.54, 1.807) is 18.2 Å².